The molecule has 0 aromatic heterocycles. The van der Waals surface area contributed by atoms with Crippen LogP contribution in [0.5, 0.6) is 0 Å². The fourth-order valence-electron chi connectivity index (χ4n) is 2.38. The van der Waals surface area contributed by atoms with E-state index >= 15 is 0 Å². The van der Waals surface area contributed by atoms with Crippen molar-refractivity contribution in [2.24, 2.45) is 5.92 Å². The zero-order valence-electron chi connectivity index (χ0n) is 10.7. The highest BCUT2D eigenvalue weighted by Gasteiger charge is 2.26. The molecule has 0 spiro atoms. The Balaban J connectivity index is 2.30. The molecule has 2 atom stereocenters. The number of hydrogen-bond donors (Lipinski definition) is 1. The van der Waals surface area contributed by atoms with Crippen LogP contribution in [-0.4, -0.2) is 32.0 Å². The number of hydrogen-bond acceptors (Lipinski definition) is 3. The van der Waals surface area contributed by atoms with Gasteiger partial charge < -0.3 is 5.32 Å². The SMILES string of the molecule is CCNC1CCC(CCS(=O)(=O)C(C)C)C1. The van der Waals surface area contributed by atoms with Gasteiger partial charge in [-0.05, 0) is 52.0 Å². The second kappa shape index (κ2) is 6.01. The average molecular weight is 247 g/mol. The van der Waals surface area contributed by atoms with E-state index in [-0.39, 0.29) is 5.25 Å². The van der Waals surface area contributed by atoms with Gasteiger partial charge in [-0.1, -0.05) is 6.92 Å². The number of nitrogens with one attached hydrogen (secondary N) is 1. The normalized spacial score (nSPS) is 26.5. The summed E-state index contributed by atoms with van der Waals surface area (Å²) < 4.78 is 23.4. The molecule has 0 aromatic rings. The Bertz CT molecular complexity index is 298. The number of sulfone groups is 1. The molecule has 0 aromatic carbocycles. The van der Waals surface area contributed by atoms with Crippen molar-refractivity contribution in [1.82, 2.24) is 5.32 Å². The minimum absolute atomic E-state index is 0.224. The molecule has 0 heterocycles. The van der Waals surface area contributed by atoms with Gasteiger partial charge in [0.2, 0.25) is 0 Å². The standard InChI is InChI=1S/C12H25NO2S/c1-4-13-12-6-5-11(9-12)7-8-16(14,15)10(2)3/h10-13H,4-9H2,1-3H3. The zero-order chi connectivity index (χ0) is 12.2. The van der Waals surface area contributed by atoms with Crippen LogP contribution in [0, 0.1) is 5.92 Å². The second-order valence-electron chi connectivity index (χ2n) is 5.14. The molecule has 1 rings (SSSR count). The lowest BCUT2D eigenvalue weighted by molar-refractivity contribution is 0.482. The first kappa shape index (κ1) is 14.0. The predicted molar refractivity (Wildman–Crippen MR) is 68.3 cm³/mol. The Morgan fingerprint density at radius 2 is 2.00 bits per heavy atom. The smallest absolute Gasteiger partial charge is 0.152 e. The molecular weight excluding hydrogens is 222 g/mol. The minimum atomic E-state index is -2.84. The molecule has 16 heavy (non-hydrogen) atoms. The molecule has 4 heteroatoms. The van der Waals surface area contributed by atoms with Crippen molar-refractivity contribution in [3.63, 3.8) is 0 Å². The first-order valence-corrected chi connectivity index (χ1v) is 8.12. The van der Waals surface area contributed by atoms with E-state index in [1.54, 1.807) is 13.8 Å². The summed E-state index contributed by atoms with van der Waals surface area (Å²) in [7, 11) is -2.84. The molecule has 0 aliphatic heterocycles. The van der Waals surface area contributed by atoms with Crippen LogP contribution >= 0.6 is 0 Å². The Labute approximate surface area is 99.9 Å². The fraction of sp³-hybridized carbons (Fsp3) is 1.00. The highest BCUT2D eigenvalue weighted by atomic mass is 32.2. The van der Waals surface area contributed by atoms with Gasteiger partial charge >= 0.3 is 0 Å². The summed E-state index contributed by atoms with van der Waals surface area (Å²) in [6, 6.07) is 0.622. The quantitative estimate of drug-likeness (QED) is 0.780. The van der Waals surface area contributed by atoms with Gasteiger partial charge in [-0.3, -0.25) is 0 Å². The summed E-state index contributed by atoms with van der Waals surface area (Å²) in [5.41, 5.74) is 0. The van der Waals surface area contributed by atoms with Crippen molar-refractivity contribution < 1.29 is 8.42 Å². The first-order chi connectivity index (χ1) is 7.45. The summed E-state index contributed by atoms with van der Waals surface area (Å²) in [6.45, 7) is 6.68. The van der Waals surface area contributed by atoms with Gasteiger partial charge in [0, 0.05) is 6.04 Å². The van der Waals surface area contributed by atoms with E-state index in [0.29, 0.717) is 17.7 Å². The van der Waals surface area contributed by atoms with Gasteiger partial charge in [-0.15, -0.1) is 0 Å². The molecular formula is C12H25NO2S. The Morgan fingerprint density at radius 3 is 2.56 bits per heavy atom. The van der Waals surface area contributed by atoms with Crippen LogP contribution in [0.15, 0.2) is 0 Å². The highest BCUT2D eigenvalue weighted by Crippen LogP contribution is 2.28. The van der Waals surface area contributed by atoms with Crippen LogP contribution in [0.3, 0.4) is 0 Å². The maximum Gasteiger partial charge on any atom is 0.152 e. The molecule has 0 bridgehead atoms. The third-order valence-electron chi connectivity index (χ3n) is 3.56. The highest BCUT2D eigenvalue weighted by molar-refractivity contribution is 7.91. The molecule has 3 nitrogen and oxygen atoms in total. The van der Waals surface area contributed by atoms with E-state index < -0.39 is 9.84 Å². The molecule has 0 amide bonds. The lowest BCUT2D eigenvalue weighted by Crippen LogP contribution is -2.26. The summed E-state index contributed by atoms with van der Waals surface area (Å²) in [5, 5.41) is 3.22. The molecule has 2 unspecified atom stereocenters. The van der Waals surface area contributed by atoms with Crippen LogP contribution in [0.1, 0.15) is 46.5 Å². The Kier molecular flexibility index (Phi) is 5.25. The predicted octanol–water partition coefficient (Wildman–Crippen LogP) is 1.98. The van der Waals surface area contributed by atoms with E-state index in [1.165, 1.54) is 12.8 Å². The monoisotopic (exact) mass is 247 g/mol. The van der Waals surface area contributed by atoms with Crippen molar-refractivity contribution in [2.75, 3.05) is 12.3 Å². The van der Waals surface area contributed by atoms with E-state index in [9.17, 15) is 8.42 Å². The molecule has 96 valence electrons. The summed E-state index contributed by atoms with van der Waals surface area (Å²) >= 11 is 0. The van der Waals surface area contributed by atoms with Gasteiger partial charge in [0.25, 0.3) is 0 Å². The van der Waals surface area contributed by atoms with Crippen LogP contribution in [0.4, 0.5) is 0 Å². The topological polar surface area (TPSA) is 46.2 Å². The van der Waals surface area contributed by atoms with E-state index in [0.717, 1.165) is 19.4 Å². The second-order valence-corrected chi connectivity index (χ2v) is 7.81. The van der Waals surface area contributed by atoms with Gasteiger partial charge in [-0.2, -0.15) is 0 Å². The zero-order valence-corrected chi connectivity index (χ0v) is 11.5. The van der Waals surface area contributed by atoms with Crippen LogP contribution < -0.4 is 5.32 Å². The van der Waals surface area contributed by atoms with E-state index in [1.807, 2.05) is 0 Å². The van der Waals surface area contributed by atoms with Crippen LogP contribution in [-0.2, 0) is 9.84 Å². The van der Waals surface area contributed by atoms with Crippen LogP contribution in [0.25, 0.3) is 0 Å². The van der Waals surface area contributed by atoms with Crippen LogP contribution in [0.2, 0.25) is 0 Å². The van der Waals surface area contributed by atoms with Gasteiger partial charge in [0.05, 0.1) is 11.0 Å². The average Bonchev–Trinajstić information content (AvgIpc) is 2.63. The maximum atomic E-state index is 11.7. The summed E-state index contributed by atoms with van der Waals surface area (Å²) in [4.78, 5) is 0. The molecule has 1 saturated carbocycles. The van der Waals surface area contributed by atoms with Crippen molar-refractivity contribution in [2.45, 2.75) is 57.7 Å². The molecule has 1 N–H and O–H groups in total. The molecule has 1 aliphatic rings. The molecule has 0 saturated heterocycles. The summed E-state index contributed by atoms with van der Waals surface area (Å²) in [6.07, 6.45) is 4.40. The Morgan fingerprint density at radius 1 is 1.31 bits per heavy atom. The fourth-order valence-corrected chi connectivity index (χ4v) is 3.51. The van der Waals surface area contributed by atoms with Crippen molar-refractivity contribution >= 4 is 9.84 Å². The third-order valence-corrected chi connectivity index (χ3v) is 5.80. The molecule has 1 fully saturated rings. The lowest BCUT2D eigenvalue weighted by Gasteiger charge is -2.13. The third kappa shape index (κ3) is 4.06. The van der Waals surface area contributed by atoms with Gasteiger partial charge in [0.15, 0.2) is 9.84 Å². The van der Waals surface area contributed by atoms with Gasteiger partial charge in [-0.25, -0.2) is 8.42 Å². The summed E-state index contributed by atoms with van der Waals surface area (Å²) in [5.74, 6) is 0.978. The molecule has 1 aliphatic carbocycles. The molecule has 0 radical (unpaired) electrons. The van der Waals surface area contributed by atoms with Gasteiger partial charge in [0.1, 0.15) is 0 Å². The van der Waals surface area contributed by atoms with Crippen molar-refractivity contribution in [1.29, 1.82) is 0 Å². The largest absolute Gasteiger partial charge is 0.314 e. The Hall–Kier alpha value is -0.0900. The first-order valence-electron chi connectivity index (χ1n) is 6.40. The van der Waals surface area contributed by atoms with Crippen molar-refractivity contribution in [3.05, 3.63) is 0 Å². The van der Waals surface area contributed by atoms with E-state index in [2.05, 4.69) is 12.2 Å². The number of rotatable bonds is 6. The minimum Gasteiger partial charge on any atom is -0.314 e. The van der Waals surface area contributed by atoms with E-state index in [4.69, 9.17) is 0 Å². The maximum absolute atomic E-state index is 11.7. The van der Waals surface area contributed by atoms with Crippen molar-refractivity contribution in [3.8, 4) is 0 Å². The lowest BCUT2D eigenvalue weighted by atomic mass is 10.1.